The van der Waals surface area contributed by atoms with Crippen LogP contribution in [-0.4, -0.2) is 10.0 Å². The van der Waals surface area contributed by atoms with Gasteiger partial charge in [-0.3, -0.25) is 0 Å². The van der Waals surface area contributed by atoms with E-state index in [1.807, 2.05) is 0 Å². The van der Waals surface area contributed by atoms with Gasteiger partial charge in [-0.1, -0.05) is 77.3 Å². The van der Waals surface area contributed by atoms with Gasteiger partial charge in [-0.25, -0.2) is 9.13 Å². The van der Waals surface area contributed by atoms with E-state index in [-0.39, 0.29) is 22.5 Å². The highest BCUT2D eigenvalue weighted by Gasteiger charge is 2.14. The Balaban J connectivity index is 0.00000338. The van der Waals surface area contributed by atoms with Gasteiger partial charge in [-0.2, -0.15) is 0 Å². The molecule has 0 saturated carbocycles. The van der Waals surface area contributed by atoms with Crippen LogP contribution < -0.4 is 21.5 Å². The summed E-state index contributed by atoms with van der Waals surface area (Å²) < 4.78 is 4.96. The summed E-state index contributed by atoms with van der Waals surface area (Å²) in [5, 5.41) is 0. The molecule has 0 aliphatic rings. The Bertz CT molecular complexity index is 547. The molecule has 0 aliphatic heterocycles. The predicted octanol–water partition coefficient (Wildman–Crippen LogP) is 2.83. The van der Waals surface area contributed by atoms with Gasteiger partial charge in [0.1, 0.15) is 0 Å². The average molecular weight is 441 g/mol. The highest BCUT2D eigenvalue weighted by atomic mass is 79.9. The molecular weight excluding hydrogens is 400 g/mol. The molecule has 0 fully saturated rings. The van der Waals surface area contributed by atoms with Crippen molar-refractivity contribution in [2.75, 3.05) is 0 Å². The zero-order valence-corrected chi connectivity index (χ0v) is 19.1. The second-order valence-corrected chi connectivity index (χ2v) is 7.53. The van der Waals surface area contributed by atoms with E-state index in [1.165, 1.54) is 88.1 Å². The van der Waals surface area contributed by atoms with Crippen molar-refractivity contribution in [3.63, 3.8) is 0 Å². The third-order valence-corrected chi connectivity index (χ3v) is 5.28. The summed E-state index contributed by atoms with van der Waals surface area (Å²) >= 11 is 0. The Morgan fingerprint density at radius 1 is 0.741 bits per heavy atom. The van der Waals surface area contributed by atoms with Crippen LogP contribution in [0, 0.1) is 0 Å². The average Bonchev–Trinajstić information content (AvgIpc) is 2.99. The second-order valence-electron chi connectivity index (χ2n) is 7.53. The molecule has 1 heterocycles. The van der Waals surface area contributed by atoms with E-state index in [1.54, 1.807) is 0 Å². The number of fused-ring (bicyclic) bond motifs is 1. The molecular formula is C23H41BrN2O. The largest absolute Gasteiger partial charge is 1.00 e. The zero-order valence-electron chi connectivity index (χ0n) is 17.6. The van der Waals surface area contributed by atoms with Crippen LogP contribution in [0.3, 0.4) is 0 Å². The number of unbranched alkanes of at least 4 members (excludes halogenated alkanes) is 10. The Hall–Kier alpha value is -0.870. The number of aromatic nitrogens is 2. The van der Waals surface area contributed by atoms with E-state index in [0.717, 1.165) is 13.1 Å². The molecule has 4 heteroatoms. The molecule has 1 aromatic carbocycles. The van der Waals surface area contributed by atoms with E-state index >= 15 is 0 Å². The summed E-state index contributed by atoms with van der Waals surface area (Å²) in [6, 6.07) is 8.92. The Labute approximate surface area is 177 Å². The molecule has 27 heavy (non-hydrogen) atoms. The number of hydrogen-bond acceptors (Lipinski definition) is 0. The normalized spacial score (nSPS) is 10.6. The highest BCUT2D eigenvalue weighted by Crippen LogP contribution is 2.14. The van der Waals surface area contributed by atoms with Gasteiger partial charge in [0.05, 0.1) is 13.1 Å². The number of rotatable bonds is 14. The second kappa shape index (κ2) is 16.1. The number of benzene rings is 1. The molecule has 156 valence electrons. The lowest BCUT2D eigenvalue weighted by atomic mass is 10.1. The summed E-state index contributed by atoms with van der Waals surface area (Å²) in [6.07, 6.45) is 18.8. The minimum absolute atomic E-state index is 0. The summed E-state index contributed by atoms with van der Waals surface area (Å²) in [5.74, 6) is 0. The molecule has 0 unspecified atom stereocenters. The first kappa shape index (κ1) is 26.1. The molecule has 2 aromatic rings. The zero-order chi connectivity index (χ0) is 17.7. The molecule has 0 amide bonds. The van der Waals surface area contributed by atoms with Crippen molar-refractivity contribution in [2.45, 2.75) is 104 Å². The number of para-hydroxylation sites is 2. The van der Waals surface area contributed by atoms with Crippen LogP contribution in [-0.2, 0) is 13.1 Å². The number of halogens is 1. The molecule has 0 atom stereocenters. The fraction of sp³-hybridized carbons (Fsp3) is 0.696. The van der Waals surface area contributed by atoms with Crippen LogP contribution in [0.15, 0.2) is 30.6 Å². The van der Waals surface area contributed by atoms with Crippen LogP contribution in [0.2, 0.25) is 0 Å². The Kier molecular flexibility index (Phi) is 15.6. The van der Waals surface area contributed by atoms with Crippen LogP contribution in [0.1, 0.15) is 90.9 Å². The lowest BCUT2D eigenvalue weighted by molar-refractivity contribution is -0.672. The molecule has 0 aliphatic carbocycles. The van der Waals surface area contributed by atoms with Crippen molar-refractivity contribution in [1.82, 2.24) is 4.57 Å². The van der Waals surface area contributed by atoms with Crippen molar-refractivity contribution in [3.8, 4) is 0 Å². The molecule has 3 nitrogen and oxygen atoms in total. The van der Waals surface area contributed by atoms with E-state index in [9.17, 15) is 0 Å². The van der Waals surface area contributed by atoms with E-state index in [2.05, 4.69) is 53.6 Å². The van der Waals surface area contributed by atoms with Gasteiger partial charge in [0.25, 0.3) is 0 Å². The minimum Gasteiger partial charge on any atom is -1.00 e. The van der Waals surface area contributed by atoms with Crippen molar-refractivity contribution < 1.29 is 27.0 Å². The molecule has 0 saturated heterocycles. The first-order valence-corrected chi connectivity index (χ1v) is 10.8. The van der Waals surface area contributed by atoms with E-state index in [4.69, 9.17) is 0 Å². The topological polar surface area (TPSA) is 40.3 Å². The smallest absolute Gasteiger partial charge is 0.244 e. The number of imidazole rings is 1. The van der Waals surface area contributed by atoms with Gasteiger partial charge in [-0.15, -0.1) is 0 Å². The molecule has 2 rings (SSSR count). The first-order valence-electron chi connectivity index (χ1n) is 10.8. The lowest BCUT2D eigenvalue weighted by Crippen LogP contribution is -3.00. The molecule has 0 radical (unpaired) electrons. The number of nitrogens with zero attached hydrogens (tertiary/aromatic N) is 2. The summed E-state index contributed by atoms with van der Waals surface area (Å²) in [7, 11) is 0. The van der Waals surface area contributed by atoms with Crippen LogP contribution in [0.5, 0.6) is 0 Å². The molecule has 2 N–H and O–H groups in total. The van der Waals surface area contributed by atoms with Crippen molar-refractivity contribution in [3.05, 3.63) is 30.6 Å². The van der Waals surface area contributed by atoms with Gasteiger partial charge in [0.2, 0.25) is 6.33 Å². The monoisotopic (exact) mass is 440 g/mol. The first-order chi connectivity index (χ1) is 12.4. The molecule has 1 aromatic heterocycles. The summed E-state index contributed by atoms with van der Waals surface area (Å²) in [4.78, 5) is 0. The van der Waals surface area contributed by atoms with Gasteiger partial charge in [-0.05, 0) is 37.8 Å². The van der Waals surface area contributed by atoms with Gasteiger partial charge in [0, 0.05) is 0 Å². The Morgan fingerprint density at radius 3 is 1.96 bits per heavy atom. The van der Waals surface area contributed by atoms with Gasteiger partial charge < -0.3 is 22.5 Å². The molecule has 0 bridgehead atoms. The van der Waals surface area contributed by atoms with Crippen LogP contribution in [0.25, 0.3) is 11.0 Å². The van der Waals surface area contributed by atoms with Gasteiger partial charge >= 0.3 is 0 Å². The van der Waals surface area contributed by atoms with Crippen molar-refractivity contribution >= 4 is 11.0 Å². The maximum absolute atomic E-state index is 2.48. The molecule has 0 spiro atoms. The minimum atomic E-state index is 0. The van der Waals surface area contributed by atoms with E-state index in [0.29, 0.717) is 0 Å². The number of aryl methyl sites for hydroxylation is 2. The third kappa shape index (κ3) is 9.25. The lowest BCUT2D eigenvalue weighted by Gasteiger charge is -2.00. The maximum Gasteiger partial charge on any atom is 0.244 e. The van der Waals surface area contributed by atoms with E-state index < -0.39 is 0 Å². The fourth-order valence-electron chi connectivity index (χ4n) is 3.72. The quantitative estimate of drug-likeness (QED) is 0.320. The fourth-order valence-corrected chi connectivity index (χ4v) is 3.72. The number of hydrogen-bond donors (Lipinski definition) is 0. The highest BCUT2D eigenvalue weighted by molar-refractivity contribution is 5.71. The summed E-state index contributed by atoms with van der Waals surface area (Å²) in [6.45, 7) is 6.90. The van der Waals surface area contributed by atoms with Crippen molar-refractivity contribution in [2.24, 2.45) is 0 Å². The van der Waals surface area contributed by atoms with Crippen molar-refractivity contribution in [1.29, 1.82) is 0 Å². The Morgan fingerprint density at radius 2 is 1.30 bits per heavy atom. The standard InChI is InChI=1S/C23H39N2.BrH.H2O/c1-3-5-7-9-11-15-19-24-21-25(20-16-12-10-8-6-4-2)23-18-14-13-17-22(23)24;;/h13-14,17-18,21H,3-12,15-16,19-20H2,1-2H3;1H;1H2/q+1;;/p-1. The predicted molar refractivity (Wildman–Crippen MR) is 112 cm³/mol. The van der Waals surface area contributed by atoms with Crippen LogP contribution in [0.4, 0.5) is 0 Å². The van der Waals surface area contributed by atoms with Crippen LogP contribution >= 0.6 is 0 Å². The third-order valence-electron chi connectivity index (χ3n) is 5.28. The summed E-state index contributed by atoms with van der Waals surface area (Å²) in [5.41, 5.74) is 2.81. The van der Waals surface area contributed by atoms with Gasteiger partial charge in [0.15, 0.2) is 11.0 Å². The SMILES string of the molecule is CCCCCCCCn1c[n+](CCCCCCCC)c2ccccc21.O.[Br-]. The maximum atomic E-state index is 2.48.